The van der Waals surface area contributed by atoms with Gasteiger partial charge in [0.25, 0.3) is 0 Å². The quantitative estimate of drug-likeness (QED) is 0.0335. The summed E-state index contributed by atoms with van der Waals surface area (Å²) in [6.07, 6.45) is 44.9. The molecule has 0 amide bonds. The van der Waals surface area contributed by atoms with Crippen LogP contribution in [-0.2, 0) is 28.7 Å². The smallest absolute Gasteiger partial charge is 0.305 e. The van der Waals surface area contributed by atoms with Crippen LogP contribution < -0.4 is 10.2 Å². The highest BCUT2D eigenvalue weighted by molar-refractivity contribution is 5.69. The minimum absolute atomic E-state index is 0.0283. The van der Waals surface area contributed by atoms with Crippen molar-refractivity contribution in [2.75, 3.05) is 54.4 Å². The van der Waals surface area contributed by atoms with E-state index in [9.17, 15) is 29.4 Å². The molecule has 386 valence electrons. The zero-order chi connectivity index (χ0) is 48.9. The average molecular weight is 925 g/mol. The number of likely N-dealkylation sites (N-methyl/N-ethyl adjacent to an activating group) is 2. The molecule has 0 aromatic heterocycles. The highest BCUT2D eigenvalue weighted by atomic mass is 16.5. The lowest BCUT2D eigenvalue weighted by atomic mass is 10.0. The van der Waals surface area contributed by atoms with Crippen LogP contribution in [0, 0.1) is 0 Å². The maximum Gasteiger partial charge on any atom is 0.305 e. The molecule has 10 heteroatoms. The number of unbranched alkanes of at least 4 members (excludes halogenated alkanes) is 30. The molecule has 0 aliphatic carbocycles. The molecule has 0 aliphatic rings. The van der Waals surface area contributed by atoms with Gasteiger partial charge in [-0.1, -0.05) is 220 Å². The topological polar surface area (TPSA) is 133 Å². The standard InChI is InChI=1S/C28H55NO4.C27H53NO4/c1-5-7-8-9-10-11-12-13-14-15-16-17-18-19-20-21-22-26(33-28(32)6-2)25-29(3,4)24-23-27(30)31;1-5-7-8-9-10-11-12-13-14-15-16-17-18-19-20-21-22-25(32-27(31)6-2)23-28(3,4)24-26(29)30/h26H,5-25H2,1-4H3;25H,5-24H2,1-4H3. The Morgan fingerprint density at radius 1 is 0.385 bits per heavy atom. The monoisotopic (exact) mass is 925 g/mol. The van der Waals surface area contributed by atoms with Crippen LogP contribution in [0.15, 0.2) is 0 Å². The molecular formula is C55H108N2O8. The Morgan fingerprint density at radius 2 is 0.646 bits per heavy atom. The number of aliphatic carboxylic acids is 2. The number of carboxylic acids is 2. The zero-order valence-electron chi connectivity index (χ0n) is 44.3. The Labute approximate surface area is 402 Å². The molecule has 0 saturated heterocycles. The number of esters is 2. The molecule has 0 aliphatic heterocycles. The summed E-state index contributed by atoms with van der Waals surface area (Å²) < 4.78 is 12.0. The Morgan fingerprint density at radius 3 is 0.892 bits per heavy atom. The van der Waals surface area contributed by atoms with Crippen molar-refractivity contribution >= 4 is 23.9 Å². The van der Waals surface area contributed by atoms with Gasteiger partial charge in [-0.05, 0) is 25.7 Å². The lowest BCUT2D eigenvalue weighted by Gasteiger charge is -2.33. The van der Waals surface area contributed by atoms with Gasteiger partial charge in [0.2, 0.25) is 0 Å². The highest BCUT2D eigenvalue weighted by Crippen LogP contribution is 2.19. The first-order valence-electron chi connectivity index (χ1n) is 27.5. The van der Waals surface area contributed by atoms with Gasteiger partial charge in [-0.3, -0.25) is 9.59 Å². The van der Waals surface area contributed by atoms with Gasteiger partial charge in [-0.15, -0.1) is 0 Å². The van der Waals surface area contributed by atoms with Crippen LogP contribution >= 0.6 is 0 Å². The first-order valence-corrected chi connectivity index (χ1v) is 27.5. The second kappa shape index (κ2) is 45.6. The van der Waals surface area contributed by atoms with E-state index in [1.807, 2.05) is 35.1 Å². The molecule has 0 aromatic rings. The number of carbonyl (C=O) groups excluding carboxylic acids is 4. The Hall–Kier alpha value is -2.20. The van der Waals surface area contributed by atoms with Crippen LogP contribution in [0.4, 0.5) is 0 Å². The third-order valence-electron chi connectivity index (χ3n) is 12.8. The molecule has 65 heavy (non-hydrogen) atoms. The van der Waals surface area contributed by atoms with Gasteiger partial charge in [-0.2, -0.15) is 0 Å². The molecule has 2 unspecified atom stereocenters. The van der Waals surface area contributed by atoms with Crippen molar-refractivity contribution in [3.8, 4) is 0 Å². The molecule has 10 nitrogen and oxygen atoms in total. The van der Waals surface area contributed by atoms with Crippen LogP contribution in [-0.4, -0.2) is 99.4 Å². The first-order chi connectivity index (χ1) is 31.1. The number of carboxylic acid groups (broad SMARTS) is 2. The molecular weight excluding hydrogens is 817 g/mol. The van der Waals surface area contributed by atoms with Crippen LogP contribution in [0.1, 0.15) is 265 Å². The predicted octanol–water partition coefficient (Wildman–Crippen LogP) is 12.0. The van der Waals surface area contributed by atoms with Crippen molar-refractivity contribution in [3.05, 3.63) is 0 Å². The van der Waals surface area contributed by atoms with Crippen LogP contribution in [0.2, 0.25) is 0 Å². The second-order valence-corrected chi connectivity index (χ2v) is 20.7. The SMILES string of the molecule is CCCCCCCCCCCCCCCCCCC(C[N+](C)(C)CC(=O)[O-])OC(=O)CC.CCCCCCCCCCCCCCCCCCC(C[N+](C)(C)CCC(=O)[O-])OC(=O)CC. The molecule has 0 spiro atoms. The summed E-state index contributed by atoms with van der Waals surface area (Å²) in [4.78, 5) is 45.3. The van der Waals surface area contributed by atoms with Crippen LogP contribution in [0.3, 0.4) is 0 Å². The van der Waals surface area contributed by atoms with E-state index in [1.165, 1.54) is 186 Å². The van der Waals surface area contributed by atoms with Crippen molar-refractivity contribution < 1.29 is 47.8 Å². The number of carbonyl (C=O) groups is 4. The Bertz CT molecular complexity index is 1110. The Balaban J connectivity index is 0. The summed E-state index contributed by atoms with van der Waals surface area (Å²) in [6, 6.07) is 0. The predicted molar refractivity (Wildman–Crippen MR) is 267 cm³/mol. The lowest BCUT2D eigenvalue weighted by molar-refractivity contribution is -0.892. The largest absolute Gasteiger partial charge is 0.550 e. The fourth-order valence-electron chi connectivity index (χ4n) is 8.76. The Kier molecular flexibility index (Phi) is 45.5. The fourth-order valence-corrected chi connectivity index (χ4v) is 8.76. The minimum atomic E-state index is -1.07. The summed E-state index contributed by atoms with van der Waals surface area (Å²) in [7, 11) is 7.67. The molecule has 0 fully saturated rings. The van der Waals surface area contributed by atoms with Gasteiger partial charge in [0.05, 0.1) is 40.7 Å². The number of quaternary nitrogens is 2. The molecule has 0 radical (unpaired) electrons. The van der Waals surface area contributed by atoms with Crippen molar-refractivity contribution in [2.45, 2.75) is 277 Å². The molecule has 0 saturated carbocycles. The number of nitrogens with zero attached hydrogens (tertiary/aromatic N) is 2. The molecule has 2 atom stereocenters. The van der Waals surface area contributed by atoms with E-state index in [1.54, 1.807) is 6.92 Å². The zero-order valence-corrected chi connectivity index (χ0v) is 44.3. The van der Waals surface area contributed by atoms with Gasteiger partial charge < -0.3 is 38.2 Å². The lowest BCUT2D eigenvalue weighted by Crippen LogP contribution is -2.52. The van der Waals surface area contributed by atoms with Crippen molar-refractivity contribution in [1.29, 1.82) is 0 Å². The summed E-state index contributed by atoms with van der Waals surface area (Å²) in [5.41, 5.74) is 0. The summed E-state index contributed by atoms with van der Waals surface area (Å²) >= 11 is 0. The van der Waals surface area contributed by atoms with E-state index in [-0.39, 0.29) is 41.6 Å². The fraction of sp³-hybridized carbons (Fsp3) is 0.927. The molecule has 0 heterocycles. The minimum Gasteiger partial charge on any atom is -0.550 e. The van der Waals surface area contributed by atoms with E-state index >= 15 is 0 Å². The number of hydrogen-bond acceptors (Lipinski definition) is 8. The highest BCUT2D eigenvalue weighted by Gasteiger charge is 2.26. The van der Waals surface area contributed by atoms with Crippen molar-refractivity contribution in [2.24, 2.45) is 0 Å². The van der Waals surface area contributed by atoms with Gasteiger partial charge >= 0.3 is 11.9 Å². The normalized spacial score (nSPS) is 12.6. The van der Waals surface area contributed by atoms with Gasteiger partial charge in [-0.25, -0.2) is 0 Å². The summed E-state index contributed by atoms with van der Waals surface area (Å²) in [6.45, 7) is 9.72. The van der Waals surface area contributed by atoms with E-state index < -0.39 is 11.9 Å². The molecule has 0 aromatic carbocycles. The molecule has 0 rings (SSSR count). The van der Waals surface area contributed by atoms with Crippen LogP contribution in [0.5, 0.6) is 0 Å². The second-order valence-electron chi connectivity index (χ2n) is 20.7. The van der Waals surface area contributed by atoms with Crippen molar-refractivity contribution in [3.63, 3.8) is 0 Å². The molecule has 0 N–H and O–H groups in total. The summed E-state index contributed by atoms with van der Waals surface area (Å²) in [5, 5.41) is 21.7. The van der Waals surface area contributed by atoms with Crippen LogP contribution in [0.25, 0.3) is 0 Å². The van der Waals surface area contributed by atoms with E-state index in [4.69, 9.17) is 9.47 Å². The van der Waals surface area contributed by atoms with Gasteiger partial charge in [0, 0.05) is 25.2 Å². The van der Waals surface area contributed by atoms with Crippen molar-refractivity contribution in [1.82, 2.24) is 0 Å². The van der Waals surface area contributed by atoms with E-state index in [0.717, 1.165) is 32.1 Å². The van der Waals surface area contributed by atoms with E-state index in [0.29, 0.717) is 37.0 Å². The number of rotatable bonds is 47. The third kappa shape index (κ3) is 49.5. The average Bonchev–Trinajstić information content (AvgIpc) is 3.24. The number of ether oxygens (including phenoxy) is 2. The van der Waals surface area contributed by atoms with E-state index in [2.05, 4.69) is 13.8 Å². The number of hydrogen-bond donors (Lipinski definition) is 0. The maximum atomic E-state index is 11.8. The first kappa shape index (κ1) is 64.9. The maximum absolute atomic E-state index is 11.8. The molecule has 0 bridgehead atoms. The van der Waals surface area contributed by atoms with Gasteiger partial charge in [0.1, 0.15) is 19.6 Å². The summed E-state index contributed by atoms with van der Waals surface area (Å²) in [5.74, 6) is -2.48. The third-order valence-corrected chi connectivity index (χ3v) is 12.8. The van der Waals surface area contributed by atoms with Gasteiger partial charge in [0.15, 0.2) is 12.2 Å².